The van der Waals surface area contributed by atoms with E-state index in [2.05, 4.69) is 9.72 Å². The summed E-state index contributed by atoms with van der Waals surface area (Å²) in [5, 5.41) is 0. The number of pyridine rings is 1. The van der Waals surface area contributed by atoms with Gasteiger partial charge in [-0.2, -0.15) is 8.78 Å². The van der Waals surface area contributed by atoms with Gasteiger partial charge in [-0.25, -0.2) is 4.98 Å². The number of rotatable bonds is 3. The summed E-state index contributed by atoms with van der Waals surface area (Å²) in [6, 6.07) is 2.81. The first kappa shape index (κ1) is 8.58. The second-order valence-corrected chi connectivity index (χ2v) is 1.89. The molecule has 1 rings (SSSR count). The Kier molecular flexibility index (Phi) is 2.68. The average Bonchev–Trinajstić information content (AvgIpc) is 2.04. The highest BCUT2D eigenvalue weighted by Gasteiger charge is 2.08. The fourth-order valence-electron chi connectivity index (χ4n) is 0.676. The van der Waals surface area contributed by atoms with Gasteiger partial charge in [0, 0.05) is 6.20 Å². The third-order valence-corrected chi connectivity index (χ3v) is 1.13. The number of aromatic nitrogens is 1. The zero-order valence-electron chi connectivity index (χ0n) is 5.91. The molecule has 0 aliphatic rings. The van der Waals surface area contributed by atoms with Crippen LogP contribution in [-0.2, 0) is 0 Å². The topological polar surface area (TPSA) is 39.2 Å². The summed E-state index contributed by atoms with van der Waals surface area (Å²) in [6.07, 6.45) is 1.68. The Hall–Kier alpha value is -1.52. The van der Waals surface area contributed by atoms with Crippen molar-refractivity contribution < 1.29 is 18.3 Å². The average molecular weight is 173 g/mol. The van der Waals surface area contributed by atoms with Gasteiger partial charge in [-0.15, -0.1) is 0 Å². The molecule has 0 spiro atoms. The fourth-order valence-corrected chi connectivity index (χ4v) is 0.676. The van der Waals surface area contributed by atoms with Crippen LogP contribution in [0.5, 0.6) is 5.88 Å². The number of halogens is 2. The SMILES string of the molecule is O=Cc1cccnc1OC(F)F. The number of alkyl halides is 2. The molecule has 0 saturated heterocycles. The van der Waals surface area contributed by atoms with Crippen molar-refractivity contribution in [3.8, 4) is 5.88 Å². The number of aldehydes is 1. The molecular weight excluding hydrogens is 168 g/mol. The zero-order valence-corrected chi connectivity index (χ0v) is 5.91. The molecule has 1 heterocycles. The van der Waals surface area contributed by atoms with Crippen LogP contribution in [0, 0.1) is 0 Å². The predicted octanol–water partition coefficient (Wildman–Crippen LogP) is 1.50. The molecule has 0 aliphatic heterocycles. The largest absolute Gasteiger partial charge is 0.416 e. The van der Waals surface area contributed by atoms with Gasteiger partial charge in [0.2, 0.25) is 5.88 Å². The molecule has 1 aromatic rings. The van der Waals surface area contributed by atoms with Crippen LogP contribution in [0.2, 0.25) is 0 Å². The van der Waals surface area contributed by atoms with E-state index in [1.54, 1.807) is 0 Å². The number of carbonyl (C=O) groups is 1. The molecule has 0 saturated carbocycles. The highest BCUT2D eigenvalue weighted by Crippen LogP contribution is 2.13. The monoisotopic (exact) mass is 173 g/mol. The van der Waals surface area contributed by atoms with E-state index < -0.39 is 6.61 Å². The van der Waals surface area contributed by atoms with E-state index in [0.29, 0.717) is 6.29 Å². The lowest BCUT2D eigenvalue weighted by molar-refractivity contribution is -0.0530. The summed E-state index contributed by atoms with van der Waals surface area (Å²) in [6.45, 7) is -2.96. The summed E-state index contributed by atoms with van der Waals surface area (Å²) in [4.78, 5) is 13.7. The smallest absolute Gasteiger partial charge is 0.388 e. The van der Waals surface area contributed by atoms with Gasteiger partial charge < -0.3 is 4.74 Å². The van der Waals surface area contributed by atoms with Crippen molar-refractivity contribution >= 4 is 6.29 Å². The molecule has 64 valence electrons. The molecule has 0 atom stereocenters. The molecule has 1 aromatic heterocycles. The Bertz CT molecular complexity index is 278. The van der Waals surface area contributed by atoms with Gasteiger partial charge in [0.1, 0.15) is 0 Å². The standard InChI is InChI=1S/C7H5F2NO2/c8-7(9)12-6-5(4-11)2-1-3-10-6/h1-4,7H. The molecule has 0 aromatic carbocycles. The van der Waals surface area contributed by atoms with Crippen LogP contribution in [-0.4, -0.2) is 17.9 Å². The molecule has 5 heteroatoms. The van der Waals surface area contributed by atoms with E-state index in [9.17, 15) is 13.6 Å². The number of hydrogen-bond donors (Lipinski definition) is 0. The van der Waals surface area contributed by atoms with E-state index in [1.165, 1.54) is 18.3 Å². The van der Waals surface area contributed by atoms with Crippen LogP contribution in [0.15, 0.2) is 18.3 Å². The summed E-state index contributed by atoms with van der Waals surface area (Å²) < 4.78 is 27.3. The predicted molar refractivity (Wildman–Crippen MR) is 36.3 cm³/mol. The lowest BCUT2D eigenvalue weighted by Gasteiger charge is -2.03. The Morgan fingerprint density at radius 3 is 2.92 bits per heavy atom. The molecule has 0 bridgehead atoms. The van der Waals surface area contributed by atoms with E-state index in [-0.39, 0.29) is 11.4 Å². The van der Waals surface area contributed by atoms with Crippen molar-refractivity contribution in [2.24, 2.45) is 0 Å². The molecule has 0 radical (unpaired) electrons. The minimum Gasteiger partial charge on any atom is -0.416 e. The number of hydrogen-bond acceptors (Lipinski definition) is 3. The van der Waals surface area contributed by atoms with Gasteiger partial charge >= 0.3 is 6.61 Å². The van der Waals surface area contributed by atoms with E-state index >= 15 is 0 Å². The van der Waals surface area contributed by atoms with Crippen LogP contribution in [0.25, 0.3) is 0 Å². The summed E-state index contributed by atoms with van der Waals surface area (Å²) >= 11 is 0. The van der Waals surface area contributed by atoms with Gasteiger partial charge in [0.15, 0.2) is 6.29 Å². The molecule has 0 amide bonds. The van der Waals surface area contributed by atoms with Crippen molar-refractivity contribution in [1.29, 1.82) is 0 Å². The van der Waals surface area contributed by atoms with Crippen molar-refractivity contribution in [3.05, 3.63) is 23.9 Å². The first-order chi connectivity index (χ1) is 5.74. The zero-order chi connectivity index (χ0) is 8.97. The molecule has 0 fully saturated rings. The molecular formula is C7H5F2NO2. The highest BCUT2D eigenvalue weighted by atomic mass is 19.3. The quantitative estimate of drug-likeness (QED) is 0.650. The van der Waals surface area contributed by atoms with Crippen LogP contribution in [0.3, 0.4) is 0 Å². The third kappa shape index (κ3) is 1.98. The van der Waals surface area contributed by atoms with Gasteiger partial charge in [-0.1, -0.05) is 0 Å². The van der Waals surface area contributed by atoms with Crippen LogP contribution in [0.4, 0.5) is 8.78 Å². The Morgan fingerprint density at radius 1 is 1.58 bits per heavy atom. The molecule has 12 heavy (non-hydrogen) atoms. The third-order valence-electron chi connectivity index (χ3n) is 1.13. The second-order valence-electron chi connectivity index (χ2n) is 1.89. The maximum Gasteiger partial charge on any atom is 0.388 e. The highest BCUT2D eigenvalue weighted by molar-refractivity contribution is 5.77. The number of ether oxygens (including phenoxy) is 1. The van der Waals surface area contributed by atoms with Crippen molar-refractivity contribution in [2.75, 3.05) is 0 Å². The van der Waals surface area contributed by atoms with Gasteiger partial charge in [-0.3, -0.25) is 4.79 Å². The minimum absolute atomic E-state index is 0.0119. The van der Waals surface area contributed by atoms with Crippen LogP contribution >= 0.6 is 0 Å². The summed E-state index contributed by atoms with van der Waals surface area (Å²) in [5.74, 6) is -0.345. The van der Waals surface area contributed by atoms with E-state index in [1.807, 2.05) is 0 Å². The molecule has 0 aliphatic carbocycles. The maximum atomic E-state index is 11.7. The van der Waals surface area contributed by atoms with Crippen LogP contribution in [0.1, 0.15) is 10.4 Å². The lowest BCUT2D eigenvalue weighted by Crippen LogP contribution is -2.05. The fraction of sp³-hybridized carbons (Fsp3) is 0.143. The normalized spacial score (nSPS) is 9.92. The lowest BCUT2D eigenvalue weighted by atomic mass is 10.3. The molecule has 0 unspecified atom stereocenters. The van der Waals surface area contributed by atoms with E-state index in [4.69, 9.17) is 0 Å². The summed E-state index contributed by atoms with van der Waals surface area (Å²) in [5.41, 5.74) is 0.0119. The minimum atomic E-state index is -2.96. The molecule has 0 N–H and O–H groups in total. The maximum absolute atomic E-state index is 11.7. The van der Waals surface area contributed by atoms with Crippen molar-refractivity contribution in [3.63, 3.8) is 0 Å². The Labute approximate surface area is 67.0 Å². The number of carbonyl (C=O) groups excluding carboxylic acids is 1. The van der Waals surface area contributed by atoms with Crippen molar-refractivity contribution in [1.82, 2.24) is 4.98 Å². The number of nitrogens with zero attached hydrogens (tertiary/aromatic N) is 1. The summed E-state index contributed by atoms with van der Waals surface area (Å²) in [7, 11) is 0. The van der Waals surface area contributed by atoms with Gasteiger partial charge in [0.05, 0.1) is 5.56 Å². The van der Waals surface area contributed by atoms with Gasteiger partial charge in [0.25, 0.3) is 0 Å². The Balaban J connectivity index is 2.89. The second kappa shape index (κ2) is 3.75. The van der Waals surface area contributed by atoms with Crippen LogP contribution < -0.4 is 4.74 Å². The van der Waals surface area contributed by atoms with Crippen molar-refractivity contribution in [2.45, 2.75) is 6.61 Å². The van der Waals surface area contributed by atoms with Gasteiger partial charge in [-0.05, 0) is 12.1 Å². The molecule has 3 nitrogen and oxygen atoms in total. The Morgan fingerprint density at radius 2 is 2.33 bits per heavy atom. The first-order valence-corrected chi connectivity index (χ1v) is 3.09. The van der Waals surface area contributed by atoms with E-state index in [0.717, 1.165) is 0 Å². The first-order valence-electron chi connectivity index (χ1n) is 3.09.